The lowest BCUT2D eigenvalue weighted by Crippen LogP contribution is -2.36. The van der Waals surface area contributed by atoms with Crippen molar-refractivity contribution >= 4 is 23.1 Å². The van der Waals surface area contributed by atoms with Gasteiger partial charge in [0.2, 0.25) is 0 Å². The van der Waals surface area contributed by atoms with Crippen LogP contribution in [0.1, 0.15) is 29.2 Å². The lowest BCUT2D eigenvalue weighted by Gasteiger charge is -2.25. The lowest BCUT2D eigenvalue weighted by molar-refractivity contribution is -0.120. The van der Waals surface area contributed by atoms with Gasteiger partial charge in [-0.15, -0.1) is 0 Å². The molecule has 0 unspecified atom stereocenters. The Bertz CT molecular complexity index is 1240. The molecule has 5 nitrogen and oxygen atoms in total. The molecule has 0 atom stereocenters. The van der Waals surface area contributed by atoms with Gasteiger partial charge < -0.3 is 4.90 Å². The number of halogens is 1. The molecule has 4 rings (SSSR count). The van der Waals surface area contributed by atoms with Crippen LogP contribution >= 0.6 is 0 Å². The number of aryl methyl sites for hydroxylation is 2. The zero-order valence-electron chi connectivity index (χ0n) is 19.0. The first-order chi connectivity index (χ1) is 15.9. The Hall–Kier alpha value is -3.80. The highest BCUT2D eigenvalue weighted by Crippen LogP contribution is 2.37. The monoisotopic (exact) mass is 443 g/mol. The predicted molar refractivity (Wildman–Crippen MR) is 127 cm³/mol. The lowest BCUT2D eigenvalue weighted by atomic mass is 9.97. The van der Waals surface area contributed by atoms with Crippen LogP contribution in [0.5, 0.6) is 0 Å². The molecule has 0 bridgehead atoms. The zero-order valence-corrected chi connectivity index (χ0v) is 19.0. The quantitative estimate of drug-likeness (QED) is 0.498. The van der Waals surface area contributed by atoms with E-state index in [1.807, 2.05) is 56.0 Å². The summed E-state index contributed by atoms with van der Waals surface area (Å²) in [5.41, 5.74) is 4.32. The average molecular weight is 444 g/mol. The highest BCUT2D eigenvalue weighted by atomic mass is 19.1. The van der Waals surface area contributed by atoms with Crippen LogP contribution in [0.15, 0.2) is 72.7 Å². The normalized spacial score (nSPS) is 13.8. The molecule has 1 aliphatic rings. The molecule has 6 heteroatoms. The maximum Gasteiger partial charge on any atom is 0.282 e. The number of aromatic nitrogens is 1. The van der Waals surface area contributed by atoms with Crippen molar-refractivity contribution in [3.05, 3.63) is 101 Å². The fourth-order valence-electron chi connectivity index (χ4n) is 4.24. The van der Waals surface area contributed by atoms with Gasteiger partial charge >= 0.3 is 0 Å². The fraction of sp³-hybridized carbons (Fsp3) is 0.222. The maximum atomic E-state index is 14.6. The van der Waals surface area contributed by atoms with Crippen LogP contribution in [-0.4, -0.2) is 34.8 Å². The van der Waals surface area contributed by atoms with Crippen LogP contribution in [0.2, 0.25) is 0 Å². The fourth-order valence-corrected chi connectivity index (χ4v) is 4.24. The van der Waals surface area contributed by atoms with E-state index in [-0.39, 0.29) is 5.69 Å². The SMILES string of the molecule is CCN(CCc1ccncc1)C1=C(c2ccc(C)cc2C)C(=O)N(c2ccccc2F)C1=O. The van der Waals surface area contributed by atoms with Crippen LogP contribution in [0, 0.1) is 19.7 Å². The summed E-state index contributed by atoms with van der Waals surface area (Å²) in [7, 11) is 0. The maximum absolute atomic E-state index is 14.6. The molecular weight excluding hydrogens is 417 g/mol. The van der Waals surface area contributed by atoms with E-state index in [0.717, 1.165) is 21.6 Å². The number of carbonyl (C=O) groups is 2. The molecule has 33 heavy (non-hydrogen) atoms. The smallest absolute Gasteiger partial charge is 0.282 e. The minimum Gasteiger partial charge on any atom is -0.366 e. The van der Waals surface area contributed by atoms with E-state index in [0.29, 0.717) is 36.3 Å². The average Bonchev–Trinajstić information content (AvgIpc) is 3.05. The molecule has 0 radical (unpaired) electrons. The molecule has 0 fully saturated rings. The number of carbonyl (C=O) groups excluding carboxylic acids is 2. The number of likely N-dealkylation sites (N-methyl/N-ethyl adjacent to an activating group) is 1. The Kier molecular flexibility index (Phi) is 6.36. The van der Waals surface area contributed by atoms with E-state index in [1.54, 1.807) is 18.5 Å². The third kappa shape index (κ3) is 4.29. The van der Waals surface area contributed by atoms with Gasteiger partial charge in [-0.25, -0.2) is 9.29 Å². The summed E-state index contributed by atoms with van der Waals surface area (Å²) < 4.78 is 14.6. The van der Waals surface area contributed by atoms with Gasteiger partial charge in [-0.05, 0) is 68.1 Å². The van der Waals surface area contributed by atoms with Gasteiger partial charge in [0.25, 0.3) is 11.8 Å². The standard InChI is InChI=1S/C27H26FN3O2/c1-4-30(16-13-20-11-14-29-15-12-20)25-24(21-10-9-18(2)17-19(21)3)26(32)31(27(25)33)23-8-6-5-7-22(23)28/h5-12,14-15,17H,4,13,16H2,1-3H3. The van der Waals surface area contributed by atoms with Gasteiger partial charge in [0, 0.05) is 25.5 Å². The van der Waals surface area contributed by atoms with Crippen molar-refractivity contribution in [1.82, 2.24) is 9.88 Å². The number of para-hydroxylation sites is 1. The van der Waals surface area contributed by atoms with Gasteiger partial charge in [0.05, 0.1) is 11.3 Å². The third-order valence-electron chi connectivity index (χ3n) is 5.92. The number of pyridine rings is 1. The molecule has 168 valence electrons. The highest BCUT2D eigenvalue weighted by molar-refractivity contribution is 6.45. The molecule has 2 heterocycles. The van der Waals surface area contributed by atoms with Gasteiger partial charge in [-0.3, -0.25) is 14.6 Å². The van der Waals surface area contributed by atoms with Crippen LogP contribution in [0.25, 0.3) is 5.57 Å². The number of hydrogen-bond donors (Lipinski definition) is 0. The second-order valence-electron chi connectivity index (χ2n) is 8.12. The molecular formula is C27H26FN3O2. The summed E-state index contributed by atoms with van der Waals surface area (Å²) >= 11 is 0. The summed E-state index contributed by atoms with van der Waals surface area (Å²) in [6.45, 7) is 6.91. The van der Waals surface area contributed by atoms with E-state index >= 15 is 0 Å². The van der Waals surface area contributed by atoms with Crippen LogP contribution in [-0.2, 0) is 16.0 Å². The Labute approximate surface area is 193 Å². The summed E-state index contributed by atoms with van der Waals surface area (Å²) in [6.07, 6.45) is 4.15. The number of nitrogens with zero attached hydrogens (tertiary/aromatic N) is 3. The largest absolute Gasteiger partial charge is 0.366 e. The first-order valence-corrected chi connectivity index (χ1v) is 11.0. The molecule has 3 aromatic rings. The van der Waals surface area contributed by atoms with E-state index in [1.165, 1.54) is 18.2 Å². The number of imide groups is 1. The molecule has 0 spiro atoms. The van der Waals surface area contributed by atoms with Gasteiger partial charge in [-0.2, -0.15) is 0 Å². The predicted octanol–water partition coefficient (Wildman–Crippen LogP) is 4.69. The van der Waals surface area contributed by atoms with Gasteiger partial charge in [0.15, 0.2) is 0 Å². The van der Waals surface area contributed by atoms with Crippen LogP contribution < -0.4 is 4.90 Å². The van der Waals surface area contributed by atoms with Gasteiger partial charge in [0.1, 0.15) is 11.5 Å². The Morgan fingerprint density at radius 3 is 2.36 bits per heavy atom. The van der Waals surface area contributed by atoms with Gasteiger partial charge in [-0.1, -0.05) is 35.9 Å². The minimum atomic E-state index is -0.611. The first-order valence-electron chi connectivity index (χ1n) is 11.0. The van der Waals surface area contributed by atoms with Crippen molar-refractivity contribution in [2.75, 3.05) is 18.0 Å². The van der Waals surface area contributed by atoms with E-state index in [4.69, 9.17) is 0 Å². The minimum absolute atomic E-state index is 0.0325. The summed E-state index contributed by atoms with van der Waals surface area (Å²) in [6, 6.07) is 15.5. The first kappa shape index (κ1) is 22.4. The second-order valence-corrected chi connectivity index (χ2v) is 8.12. The highest BCUT2D eigenvalue weighted by Gasteiger charge is 2.43. The van der Waals surface area contributed by atoms with Crippen molar-refractivity contribution in [2.45, 2.75) is 27.2 Å². The van der Waals surface area contributed by atoms with E-state index in [2.05, 4.69) is 4.98 Å². The summed E-state index contributed by atoms with van der Waals surface area (Å²) in [5, 5.41) is 0. The Morgan fingerprint density at radius 1 is 0.970 bits per heavy atom. The van der Waals surface area contributed by atoms with Crippen molar-refractivity contribution in [3.8, 4) is 0 Å². The Morgan fingerprint density at radius 2 is 1.70 bits per heavy atom. The molecule has 0 saturated carbocycles. The number of rotatable bonds is 7. The number of amides is 2. The number of hydrogen-bond acceptors (Lipinski definition) is 4. The third-order valence-corrected chi connectivity index (χ3v) is 5.92. The molecule has 0 saturated heterocycles. The number of anilines is 1. The molecule has 1 aliphatic heterocycles. The number of benzene rings is 2. The zero-order chi connectivity index (χ0) is 23.5. The van der Waals surface area contributed by atoms with Crippen molar-refractivity contribution in [2.24, 2.45) is 0 Å². The molecule has 0 N–H and O–H groups in total. The Balaban J connectivity index is 1.81. The van der Waals surface area contributed by atoms with Crippen LogP contribution in [0.4, 0.5) is 10.1 Å². The molecule has 1 aromatic heterocycles. The van der Waals surface area contributed by atoms with E-state index < -0.39 is 17.6 Å². The molecule has 2 amide bonds. The molecule has 0 aliphatic carbocycles. The molecule has 2 aromatic carbocycles. The van der Waals surface area contributed by atoms with Crippen molar-refractivity contribution in [3.63, 3.8) is 0 Å². The topological polar surface area (TPSA) is 53.5 Å². The second kappa shape index (κ2) is 9.36. The van der Waals surface area contributed by atoms with E-state index in [9.17, 15) is 14.0 Å². The van der Waals surface area contributed by atoms with Crippen molar-refractivity contribution < 1.29 is 14.0 Å². The van der Waals surface area contributed by atoms with Crippen LogP contribution in [0.3, 0.4) is 0 Å². The summed E-state index contributed by atoms with van der Waals surface area (Å²) in [4.78, 5) is 34.3. The van der Waals surface area contributed by atoms with Crippen molar-refractivity contribution in [1.29, 1.82) is 0 Å². The summed E-state index contributed by atoms with van der Waals surface area (Å²) in [5.74, 6) is -1.62.